The number of benzene rings is 1. The van der Waals surface area contributed by atoms with Crippen LogP contribution in [0.3, 0.4) is 0 Å². The summed E-state index contributed by atoms with van der Waals surface area (Å²) in [7, 11) is 0. The van der Waals surface area contributed by atoms with E-state index in [0.29, 0.717) is 38.3 Å². The van der Waals surface area contributed by atoms with E-state index in [1.54, 1.807) is 12.3 Å². The molecule has 1 amide bonds. The number of pyridine rings is 2. The highest BCUT2D eigenvalue weighted by molar-refractivity contribution is 6.00. The predicted molar refractivity (Wildman–Crippen MR) is 154 cm³/mol. The maximum atomic E-state index is 14.6. The summed E-state index contributed by atoms with van der Waals surface area (Å²) in [5.41, 5.74) is 0.534. The van der Waals surface area contributed by atoms with E-state index in [1.807, 2.05) is 48.2 Å². The maximum Gasteiger partial charge on any atom is 0.417 e. The number of amides is 1. The highest BCUT2D eigenvalue weighted by Gasteiger charge is 2.73. The molecule has 6 saturated carbocycles. The minimum absolute atomic E-state index is 0.00943. The average Bonchev–Trinajstić information content (AvgIpc) is 2.99. The molecule has 0 atom stereocenters. The molecule has 6 aliphatic rings. The Hall–Kier alpha value is -3.49. The Kier molecular flexibility index (Phi) is 6.42. The number of nitrogens with zero attached hydrogens (tertiary/aromatic N) is 3. The largest absolute Gasteiger partial charge is 0.478 e. The number of carbonyl (C=O) groups excluding carboxylic acids is 1. The van der Waals surface area contributed by atoms with Gasteiger partial charge in [0.15, 0.2) is 0 Å². The molecular weight excluding hydrogens is 558 g/mol. The van der Waals surface area contributed by atoms with Gasteiger partial charge in [-0.3, -0.25) is 9.78 Å². The van der Waals surface area contributed by atoms with Crippen LogP contribution in [0.2, 0.25) is 0 Å². The zero-order valence-corrected chi connectivity index (χ0v) is 24.2. The topological polar surface area (TPSA) is 55.3 Å². The van der Waals surface area contributed by atoms with Crippen molar-refractivity contribution in [2.45, 2.75) is 82.0 Å². The number of carbonyl (C=O) groups is 1. The number of aromatic nitrogens is 2. The number of ether oxygens (including phenoxy) is 1. The fourth-order valence-electron chi connectivity index (χ4n) is 8.19. The summed E-state index contributed by atoms with van der Waals surface area (Å²) >= 11 is 0. The van der Waals surface area contributed by atoms with Crippen LogP contribution in [0.25, 0.3) is 11.1 Å². The van der Waals surface area contributed by atoms with Crippen molar-refractivity contribution in [1.82, 2.24) is 9.97 Å². The Labute approximate surface area is 248 Å². The van der Waals surface area contributed by atoms with Gasteiger partial charge in [0.1, 0.15) is 5.67 Å². The lowest BCUT2D eigenvalue weighted by Gasteiger charge is -2.65. The summed E-state index contributed by atoms with van der Waals surface area (Å²) < 4.78 is 59.4. The van der Waals surface area contributed by atoms with Gasteiger partial charge < -0.3 is 9.64 Å². The van der Waals surface area contributed by atoms with Crippen molar-refractivity contribution in [1.29, 1.82) is 0 Å². The smallest absolute Gasteiger partial charge is 0.417 e. The number of alkyl halides is 4. The molecule has 43 heavy (non-hydrogen) atoms. The predicted octanol–water partition coefficient (Wildman–Crippen LogP) is 8.08. The van der Waals surface area contributed by atoms with Gasteiger partial charge in [-0.1, -0.05) is 12.1 Å². The molecule has 0 spiro atoms. The Bertz CT molecular complexity index is 1490. The van der Waals surface area contributed by atoms with Gasteiger partial charge in [0, 0.05) is 47.4 Å². The molecule has 9 rings (SSSR count). The second-order valence-corrected chi connectivity index (χ2v) is 13.4. The lowest BCUT2D eigenvalue weighted by Crippen LogP contribution is -2.71. The van der Waals surface area contributed by atoms with Gasteiger partial charge in [-0.25, -0.2) is 9.37 Å². The van der Waals surface area contributed by atoms with E-state index < -0.39 is 22.8 Å². The lowest BCUT2D eigenvalue weighted by molar-refractivity contribution is -0.211. The van der Waals surface area contributed by atoms with E-state index in [4.69, 9.17) is 4.74 Å². The fourth-order valence-corrected chi connectivity index (χ4v) is 8.19. The zero-order valence-electron chi connectivity index (χ0n) is 24.2. The first-order valence-corrected chi connectivity index (χ1v) is 15.2. The summed E-state index contributed by atoms with van der Waals surface area (Å²) in [6.45, 7) is 2.99. The van der Waals surface area contributed by atoms with Crippen LogP contribution < -0.4 is 9.64 Å². The van der Waals surface area contributed by atoms with Crippen LogP contribution in [0.4, 0.5) is 23.2 Å². The molecule has 226 valence electrons. The van der Waals surface area contributed by atoms with E-state index in [2.05, 4.69) is 9.97 Å². The molecule has 3 aromatic rings. The molecule has 0 saturated heterocycles. The molecule has 0 unspecified atom stereocenters. The first-order chi connectivity index (χ1) is 20.5. The van der Waals surface area contributed by atoms with Crippen LogP contribution >= 0.6 is 0 Å². The third kappa shape index (κ3) is 4.79. The van der Waals surface area contributed by atoms with Gasteiger partial charge in [0.2, 0.25) is 11.8 Å². The molecule has 2 aromatic heterocycles. The van der Waals surface area contributed by atoms with Crippen molar-refractivity contribution in [3.63, 3.8) is 0 Å². The van der Waals surface area contributed by atoms with Gasteiger partial charge >= 0.3 is 6.18 Å². The molecule has 0 N–H and O–H groups in total. The van der Waals surface area contributed by atoms with Crippen LogP contribution in [-0.4, -0.2) is 34.7 Å². The summed E-state index contributed by atoms with van der Waals surface area (Å²) in [6.07, 6.45) is 4.27. The van der Waals surface area contributed by atoms with E-state index in [-0.39, 0.29) is 16.7 Å². The molecule has 6 aliphatic carbocycles. The number of halogens is 4. The summed E-state index contributed by atoms with van der Waals surface area (Å²) in [6, 6.07) is 14.4. The zero-order chi connectivity index (χ0) is 30.1. The number of rotatable bonds is 8. The van der Waals surface area contributed by atoms with Crippen LogP contribution in [0.15, 0.2) is 60.9 Å². The Balaban J connectivity index is 1.14. The monoisotopic (exact) mass is 593 g/mol. The molecule has 2 heterocycles. The minimum Gasteiger partial charge on any atom is -0.478 e. The third-order valence-corrected chi connectivity index (χ3v) is 10.7. The number of hydrogen-bond acceptors (Lipinski definition) is 4. The van der Waals surface area contributed by atoms with Gasteiger partial charge in [-0.15, -0.1) is 0 Å². The Morgan fingerprint density at radius 1 is 0.907 bits per heavy atom. The van der Waals surface area contributed by atoms with Crippen LogP contribution in [0.5, 0.6) is 5.88 Å². The first kappa shape index (κ1) is 28.3. The quantitative estimate of drug-likeness (QED) is 0.248. The number of fused-ring (bicyclic) bond motifs is 3. The van der Waals surface area contributed by atoms with Crippen LogP contribution in [0, 0.1) is 10.8 Å². The fraction of sp³-hybridized carbons (Fsp3) is 0.500. The molecule has 0 aliphatic heterocycles. The second-order valence-electron chi connectivity index (χ2n) is 13.4. The number of anilines is 1. The highest BCUT2D eigenvalue weighted by atomic mass is 19.4. The molecule has 1 aromatic carbocycles. The van der Waals surface area contributed by atoms with E-state index in [0.717, 1.165) is 73.3 Å². The van der Waals surface area contributed by atoms with Crippen molar-refractivity contribution in [2.75, 3.05) is 18.1 Å². The van der Waals surface area contributed by atoms with E-state index in [1.165, 1.54) is 0 Å². The Morgan fingerprint density at radius 3 is 2.19 bits per heavy atom. The van der Waals surface area contributed by atoms with Crippen molar-refractivity contribution in [3.05, 3.63) is 72.2 Å². The van der Waals surface area contributed by atoms with Crippen molar-refractivity contribution >= 4 is 11.6 Å². The minimum atomic E-state index is -4.41. The molecule has 0 radical (unpaired) electrons. The van der Waals surface area contributed by atoms with E-state index >= 15 is 0 Å². The SMILES string of the molecule is CCOc1ccc(-c2cccc(N(CC34CCC(c5ccc(C(F)(F)F)cn5)(CC3)CC4)C(=O)C34CC(F)(C3)C4)c2)cn1. The molecule has 5 nitrogen and oxygen atoms in total. The highest BCUT2D eigenvalue weighted by Crippen LogP contribution is 2.70. The summed E-state index contributed by atoms with van der Waals surface area (Å²) in [5.74, 6) is 0.564. The standard InChI is InChI=1S/C34H35F4N3O2/c1-2-43-28-9-6-24(17-40-28)23-4-3-5-26(16-23)41(29(42)32-19-33(35,20-32)21-32)22-30-10-13-31(14-11-30,15-12-30)27-8-7-25(18-39-27)34(36,37)38/h3-9,16-18H,2,10-15,19-22H2,1H3. The summed E-state index contributed by atoms with van der Waals surface area (Å²) in [5, 5.41) is 0. The van der Waals surface area contributed by atoms with Crippen molar-refractivity contribution in [2.24, 2.45) is 10.8 Å². The number of hydrogen-bond donors (Lipinski definition) is 0. The average molecular weight is 594 g/mol. The lowest BCUT2D eigenvalue weighted by atomic mass is 9.41. The normalized spacial score (nSPS) is 30.7. The first-order valence-electron chi connectivity index (χ1n) is 15.2. The van der Waals surface area contributed by atoms with Crippen molar-refractivity contribution < 1.29 is 27.1 Å². The van der Waals surface area contributed by atoms with Gasteiger partial charge in [0.25, 0.3) is 0 Å². The second kappa shape index (κ2) is 9.76. The van der Waals surface area contributed by atoms with Gasteiger partial charge in [-0.2, -0.15) is 13.2 Å². The molecule has 6 fully saturated rings. The summed E-state index contributed by atoms with van der Waals surface area (Å²) in [4.78, 5) is 24.8. The third-order valence-electron chi connectivity index (χ3n) is 10.7. The van der Waals surface area contributed by atoms with Gasteiger partial charge in [0.05, 0.1) is 17.6 Å². The maximum absolute atomic E-state index is 14.6. The van der Waals surface area contributed by atoms with Gasteiger partial charge in [-0.05, 0) is 106 Å². The Morgan fingerprint density at radius 2 is 1.63 bits per heavy atom. The van der Waals surface area contributed by atoms with Crippen molar-refractivity contribution in [3.8, 4) is 17.0 Å². The molecule has 9 heteroatoms. The molecular formula is C34H35F4N3O2. The van der Waals surface area contributed by atoms with Crippen LogP contribution in [-0.2, 0) is 16.4 Å². The van der Waals surface area contributed by atoms with Crippen LogP contribution in [0.1, 0.15) is 76.0 Å². The molecule has 4 bridgehead atoms. The van der Waals surface area contributed by atoms with E-state index in [9.17, 15) is 22.4 Å².